The summed E-state index contributed by atoms with van der Waals surface area (Å²) < 4.78 is 16.2. The number of rotatable bonds is 3. The number of nitrogens with zero attached hydrogens (tertiary/aromatic N) is 2. The first-order chi connectivity index (χ1) is 9.72. The minimum Gasteiger partial charge on any atom is -0.330 e. The van der Waals surface area contributed by atoms with Crippen LogP contribution in [0.15, 0.2) is 46.9 Å². The average molecular weight is 334 g/mol. The van der Waals surface area contributed by atoms with Gasteiger partial charge in [-0.2, -0.15) is 0 Å². The van der Waals surface area contributed by atoms with Crippen LogP contribution in [-0.4, -0.2) is 16.1 Å². The maximum atomic E-state index is 13.8. The van der Waals surface area contributed by atoms with E-state index in [1.807, 2.05) is 34.9 Å². The van der Waals surface area contributed by atoms with E-state index in [-0.39, 0.29) is 5.82 Å². The summed E-state index contributed by atoms with van der Waals surface area (Å²) in [6.07, 6.45) is 0.637. The molecule has 0 saturated carbocycles. The number of hydrogen-bond donors (Lipinski definition) is 1. The van der Waals surface area contributed by atoms with Gasteiger partial charge in [0.05, 0.1) is 15.5 Å². The lowest BCUT2D eigenvalue weighted by Crippen LogP contribution is -2.09. The molecule has 1 heterocycles. The van der Waals surface area contributed by atoms with E-state index in [1.54, 1.807) is 6.07 Å². The molecule has 0 fully saturated rings. The molecule has 20 heavy (non-hydrogen) atoms. The Balaban J connectivity index is 2.37. The number of benzene rings is 2. The Kier molecular flexibility index (Phi) is 3.54. The minimum atomic E-state index is -0.297. The van der Waals surface area contributed by atoms with E-state index in [9.17, 15) is 4.39 Å². The largest absolute Gasteiger partial charge is 0.330 e. The lowest BCUT2D eigenvalue weighted by atomic mass is 10.2. The highest BCUT2D eigenvalue weighted by Crippen LogP contribution is 2.30. The van der Waals surface area contributed by atoms with E-state index in [4.69, 9.17) is 5.73 Å². The van der Waals surface area contributed by atoms with Gasteiger partial charge in [-0.1, -0.05) is 18.2 Å². The molecule has 0 amide bonds. The number of nitrogens with two attached hydrogens (primary N) is 1. The standard InChI is InChI=1S/C15H13BrFN3/c16-14-11(17)6-7-12-15(14)20(13(19-12)8-9-18)10-4-2-1-3-5-10/h1-7H,8-9,18H2. The van der Waals surface area contributed by atoms with Crippen LogP contribution in [-0.2, 0) is 6.42 Å². The fourth-order valence-electron chi connectivity index (χ4n) is 2.30. The quantitative estimate of drug-likeness (QED) is 0.798. The van der Waals surface area contributed by atoms with Crippen LogP contribution in [0.5, 0.6) is 0 Å². The molecule has 0 aliphatic heterocycles. The second-order valence-corrected chi connectivity index (χ2v) is 5.26. The van der Waals surface area contributed by atoms with Gasteiger partial charge < -0.3 is 5.73 Å². The molecule has 0 unspecified atom stereocenters. The summed E-state index contributed by atoms with van der Waals surface area (Å²) in [5.74, 6) is 0.536. The molecule has 2 N–H and O–H groups in total. The SMILES string of the molecule is NCCc1nc2ccc(F)c(Br)c2n1-c1ccccc1. The molecule has 2 aromatic carbocycles. The zero-order valence-electron chi connectivity index (χ0n) is 10.7. The van der Waals surface area contributed by atoms with Gasteiger partial charge in [0.25, 0.3) is 0 Å². The van der Waals surface area contributed by atoms with E-state index in [1.165, 1.54) is 6.07 Å². The molecule has 3 nitrogen and oxygen atoms in total. The zero-order valence-corrected chi connectivity index (χ0v) is 12.3. The molecule has 0 bridgehead atoms. The molecule has 0 aliphatic rings. The van der Waals surface area contributed by atoms with Crippen molar-refractivity contribution in [2.24, 2.45) is 5.73 Å². The molecular formula is C15H13BrFN3. The van der Waals surface area contributed by atoms with Crippen molar-refractivity contribution in [3.8, 4) is 5.69 Å². The number of aromatic nitrogens is 2. The predicted octanol–water partition coefficient (Wildman–Crippen LogP) is 3.43. The molecule has 0 saturated heterocycles. The average Bonchev–Trinajstić information content (AvgIpc) is 2.83. The molecule has 0 atom stereocenters. The number of halogens is 2. The van der Waals surface area contributed by atoms with E-state index < -0.39 is 0 Å². The second kappa shape index (κ2) is 5.34. The van der Waals surface area contributed by atoms with Gasteiger partial charge in [-0.25, -0.2) is 9.37 Å². The monoisotopic (exact) mass is 333 g/mol. The summed E-state index contributed by atoms with van der Waals surface area (Å²) in [6.45, 7) is 0.496. The van der Waals surface area contributed by atoms with E-state index in [0.717, 1.165) is 22.5 Å². The van der Waals surface area contributed by atoms with Crippen LogP contribution in [0.2, 0.25) is 0 Å². The molecule has 0 aliphatic carbocycles. The van der Waals surface area contributed by atoms with Gasteiger partial charge in [-0.05, 0) is 46.7 Å². The Hall–Kier alpha value is -1.72. The molecule has 3 rings (SSSR count). The summed E-state index contributed by atoms with van der Waals surface area (Å²) in [7, 11) is 0. The van der Waals surface area contributed by atoms with Gasteiger partial charge in [0.1, 0.15) is 11.6 Å². The maximum Gasteiger partial charge on any atom is 0.139 e. The Morgan fingerprint density at radius 2 is 1.90 bits per heavy atom. The van der Waals surface area contributed by atoms with Crippen LogP contribution in [0, 0.1) is 5.82 Å². The van der Waals surface area contributed by atoms with Crippen LogP contribution < -0.4 is 5.73 Å². The van der Waals surface area contributed by atoms with Gasteiger partial charge in [0, 0.05) is 12.1 Å². The number of imidazole rings is 1. The minimum absolute atomic E-state index is 0.297. The normalized spacial score (nSPS) is 11.2. The molecular weight excluding hydrogens is 321 g/mol. The topological polar surface area (TPSA) is 43.8 Å². The van der Waals surface area contributed by atoms with Crippen LogP contribution >= 0.6 is 15.9 Å². The van der Waals surface area contributed by atoms with Crippen LogP contribution in [0.3, 0.4) is 0 Å². The van der Waals surface area contributed by atoms with Gasteiger partial charge >= 0.3 is 0 Å². The first-order valence-electron chi connectivity index (χ1n) is 6.33. The highest BCUT2D eigenvalue weighted by atomic mass is 79.9. The first-order valence-corrected chi connectivity index (χ1v) is 7.12. The lowest BCUT2D eigenvalue weighted by molar-refractivity contribution is 0.622. The van der Waals surface area contributed by atoms with Crippen molar-refractivity contribution < 1.29 is 4.39 Å². The molecule has 102 valence electrons. The number of fused-ring (bicyclic) bond motifs is 1. The van der Waals surface area contributed by atoms with Gasteiger partial charge in [0.2, 0.25) is 0 Å². The van der Waals surface area contributed by atoms with Crippen molar-refractivity contribution in [2.45, 2.75) is 6.42 Å². The summed E-state index contributed by atoms with van der Waals surface area (Å²) in [5.41, 5.74) is 8.10. The first kappa shape index (κ1) is 13.3. The van der Waals surface area contributed by atoms with Crippen molar-refractivity contribution in [3.63, 3.8) is 0 Å². The fourth-order valence-corrected chi connectivity index (χ4v) is 2.82. The van der Waals surface area contributed by atoms with E-state index in [0.29, 0.717) is 17.4 Å². The van der Waals surface area contributed by atoms with Crippen LogP contribution in [0.1, 0.15) is 5.82 Å². The van der Waals surface area contributed by atoms with Gasteiger partial charge in [-0.3, -0.25) is 4.57 Å². The Morgan fingerprint density at radius 1 is 1.15 bits per heavy atom. The van der Waals surface area contributed by atoms with Crippen LogP contribution in [0.25, 0.3) is 16.7 Å². The Morgan fingerprint density at radius 3 is 2.60 bits per heavy atom. The van der Waals surface area contributed by atoms with Crippen molar-refractivity contribution in [1.29, 1.82) is 0 Å². The predicted molar refractivity (Wildman–Crippen MR) is 81.5 cm³/mol. The van der Waals surface area contributed by atoms with Crippen molar-refractivity contribution in [1.82, 2.24) is 9.55 Å². The third kappa shape index (κ3) is 2.13. The highest BCUT2D eigenvalue weighted by molar-refractivity contribution is 9.10. The zero-order chi connectivity index (χ0) is 14.1. The van der Waals surface area contributed by atoms with Gasteiger partial charge in [0.15, 0.2) is 0 Å². The smallest absolute Gasteiger partial charge is 0.139 e. The maximum absolute atomic E-state index is 13.8. The third-order valence-electron chi connectivity index (χ3n) is 3.16. The van der Waals surface area contributed by atoms with E-state index >= 15 is 0 Å². The summed E-state index contributed by atoms with van der Waals surface area (Å²) in [5, 5.41) is 0. The van der Waals surface area contributed by atoms with Gasteiger partial charge in [-0.15, -0.1) is 0 Å². The Bertz CT molecular complexity index is 753. The lowest BCUT2D eigenvalue weighted by Gasteiger charge is -2.09. The highest BCUT2D eigenvalue weighted by Gasteiger charge is 2.16. The molecule has 3 aromatic rings. The van der Waals surface area contributed by atoms with Crippen LogP contribution in [0.4, 0.5) is 4.39 Å². The van der Waals surface area contributed by atoms with Crippen molar-refractivity contribution in [2.75, 3.05) is 6.54 Å². The fraction of sp³-hybridized carbons (Fsp3) is 0.133. The third-order valence-corrected chi connectivity index (χ3v) is 3.92. The molecule has 5 heteroatoms. The summed E-state index contributed by atoms with van der Waals surface area (Å²) in [4.78, 5) is 4.57. The molecule has 1 aromatic heterocycles. The molecule has 0 radical (unpaired) electrons. The second-order valence-electron chi connectivity index (χ2n) is 4.47. The van der Waals surface area contributed by atoms with Crippen molar-refractivity contribution in [3.05, 3.63) is 58.6 Å². The number of hydrogen-bond acceptors (Lipinski definition) is 2. The number of para-hydroxylation sites is 1. The summed E-state index contributed by atoms with van der Waals surface area (Å²) in [6, 6.07) is 12.9. The molecule has 0 spiro atoms. The summed E-state index contributed by atoms with van der Waals surface area (Å²) >= 11 is 3.33. The van der Waals surface area contributed by atoms with E-state index in [2.05, 4.69) is 20.9 Å². The Labute approximate surface area is 124 Å². The van der Waals surface area contributed by atoms with Crippen molar-refractivity contribution >= 4 is 27.0 Å².